The molecule has 1 saturated heterocycles. The molecule has 2 heteroatoms. The van der Waals surface area contributed by atoms with E-state index in [4.69, 9.17) is 4.74 Å². The highest BCUT2D eigenvalue weighted by molar-refractivity contribution is 5.72. The third-order valence-corrected chi connectivity index (χ3v) is 2.99. The Morgan fingerprint density at radius 1 is 0.708 bits per heavy atom. The van der Waals surface area contributed by atoms with Gasteiger partial charge in [0.2, 0.25) is 0 Å². The molecule has 0 aromatic heterocycles. The number of carbonyl (C=O) groups excluding carboxylic acids is 1. The molecular weight excluding hydrogens is 296 g/mol. The highest BCUT2D eigenvalue weighted by atomic mass is 16.5. The summed E-state index contributed by atoms with van der Waals surface area (Å²) in [4.78, 5) is 9.44. The first kappa shape index (κ1) is 22.1. The fourth-order valence-corrected chi connectivity index (χ4v) is 1.68. The van der Waals surface area contributed by atoms with Gasteiger partial charge in [0, 0.05) is 13.2 Å². The third-order valence-electron chi connectivity index (χ3n) is 2.99. The lowest BCUT2D eigenvalue weighted by molar-refractivity contribution is -0.114. The summed E-state index contributed by atoms with van der Waals surface area (Å²) >= 11 is 0. The summed E-state index contributed by atoms with van der Waals surface area (Å²) in [6.07, 6.45) is 2.56. The third kappa shape index (κ3) is 16.4. The maximum absolute atomic E-state index is 9.44. The van der Waals surface area contributed by atoms with E-state index < -0.39 is 0 Å². The van der Waals surface area contributed by atoms with E-state index in [-0.39, 0.29) is 5.78 Å². The van der Waals surface area contributed by atoms with Crippen molar-refractivity contribution < 1.29 is 9.53 Å². The molecule has 2 aromatic rings. The van der Waals surface area contributed by atoms with Crippen molar-refractivity contribution in [3.63, 3.8) is 0 Å². The molecule has 0 atom stereocenters. The fourth-order valence-electron chi connectivity index (χ4n) is 1.68. The highest BCUT2D eigenvalue weighted by Gasteiger charge is 1.94. The second-order valence-electron chi connectivity index (χ2n) is 6.04. The summed E-state index contributed by atoms with van der Waals surface area (Å²) < 4.78 is 4.94. The molecule has 1 heterocycles. The first-order valence-corrected chi connectivity index (χ1v) is 8.51. The number of rotatable bonds is 0. The first-order chi connectivity index (χ1) is 11.4. The number of carbonyl (C=O) groups is 1. The van der Waals surface area contributed by atoms with Crippen molar-refractivity contribution >= 4 is 5.78 Å². The van der Waals surface area contributed by atoms with Crippen molar-refractivity contribution in [2.75, 3.05) is 13.2 Å². The molecule has 0 aliphatic carbocycles. The van der Waals surface area contributed by atoms with Gasteiger partial charge in [-0.25, -0.2) is 0 Å². The maximum atomic E-state index is 9.44. The monoisotopic (exact) mass is 328 g/mol. The molecule has 0 N–H and O–H groups in total. The van der Waals surface area contributed by atoms with Crippen LogP contribution in [0.5, 0.6) is 0 Å². The zero-order valence-electron chi connectivity index (χ0n) is 15.8. The van der Waals surface area contributed by atoms with Crippen molar-refractivity contribution in [1.82, 2.24) is 0 Å². The summed E-state index contributed by atoms with van der Waals surface area (Å²) in [5.41, 5.74) is 3.98. The summed E-state index contributed by atoms with van der Waals surface area (Å²) in [6, 6.07) is 18.7. The van der Waals surface area contributed by atoms with Crippen molar-refractivity contribution in [2.24, 2.45) is 0 Å². The van der Waals surface area contributed by atoms with Crippen LogP contribution < -0.4 is 0 Å². The molecule has 0 amide bonds. The Bertz CT molecular complexity index is 493. The number of benzene rings is 2. The SMILES string of the molecule is C1CCOC1.CC(C)=O.Cc1ccc(C)cc1.Cc1ccccc1. The molecule has 2 aromatic carbocycles. The van der Waals surface area contributed by atoms with Crippen LogP contribution in [0.15, 0.2) is 54.6 Å². The van der Waals surface area contributed by atoms with Crippen molar-refractivity contribution in [1.29, 1.82) is 0 Å². The second kappa shape index (κ2) is 14.6. The predicted molar refractivity (Wildman–Crippen MR) is 104 cm³/mol. The lowest BCUT2D eigenvalue weighted by Gasteiger charge is -1.90. The Hall–Kier alpha value is -1.93. The minimum Gasteiger partial charge on any atom is -0.381 e. The maximum Gasteiger partial charge on any atom is 0.126 e. The van der Waals surface area contributed by atoms with Gasteiger partial charge in [0.25, 0.3) is 0 Å². The van der Waals surface area contributed by atoms with Crippen LogP contribution in [0.4, 0.5) is 0 Å². The second-order valence-corrected chi connectivity index (χ2v) is 6.04. The number of hydrogen-bond acceptors (Lipinski definition) is 2. The zero-order valence-corrected chi connectivity index (χ0v) is 15.8. The van der Waals surface area contributed by atoms with Gasteiger partial charge in [-0.2, -0.15) is 0 Å². The molecule has 0 unspecified atom stereocenters. The summed E-state index contributed by atoms with van der Waals surface area (Å²) in [5, 5.41) is 0. The van der Waals surface area contributed by atoms with Gasteiger partial charge in [-0.05, 0) is 47.5 Å². The lowest BCUT2D eigenvalue weighted by atomic mass is 10.2. The van der Waals surface area contributed by atoms with E-state index >= 15 is 0 Å². The Morgan fingerprint density at radius 3 is 1.25 bits per heavy atom. The molecule has 0 spiro atoms. The number of ketones is 1. The summed E-state index contributed by atoms with van der Waals surface area (Å²) in [6.45, 7) is 11.3. The molecular formula is C22H32O2. The molecule has 24 heavy (non-hydrogen) atoms. The molecule has 1 aliphatic rings. The molecule has 3 rings (SSSR count). The number of aryl methyl sites for hydroxylation is 3. The Balaban J connectivity index is 0.000000305. The number of Topliss-reactive ketones (excluding diaryl/α,β-unsaturated/α-hetero) is 1. The fraction of sp³-hybridized carbons (Fsp3) is 0.409. The van der Waals surface area contributed by atoms with Crippen LogP contribution in [-0.4, -0.2) is 19.0 Å². The average molecular weight is 328 g/mol. The minimum atomic E-state index is 0.167. The van der Waals surface area contributed by atoms with Gasteiger partial charge in [-0.15, -0.1) is 0 Å². The van der Waals surface area contributed by atoms with E-state index in [1.807, 2.05) is 18.2 Å². The molecule has 0 saturated carbocycles. The van der Waals surface area contributed by atoms with E-state index in [0.29, 0.717) is 0 Å². The lowest BCUT2D eigenvalue weighted by Crippen LogP contribution is -1.74. The number of hydrogen-bond donors (Lipinski definition) is 0. The van der Waals surface area contributed by atoms with Gasteiger partial charge in [-0.1, -0.05) is 71.3 Å². The summed E-state index contributed by atoms with van der Waals surface area (Å²) in [5.74, 6) is 0.167. The molecule has 2 nitrogen and oxygen atoms in total. The van der Waals surface area contributed by atoms with E-state index in [1.165, 1.54) is 43.4 Å². The van der Waals surface area contributed by atoms with Gasteiger partial charge in [0.1, 0.15) is 5.78 Å². The van der Waals surface area contributed by atoms with Gasteiger partial charge in [0.05, 0.1) is 0 Å². The Morgan fingerprint density at radius 2 is 1.04 bits per heavy atom. The average Bonchev–Trinajstić information content (AvgIpc) is 3.11. The number of ether oxygens (including phenoxy) is 1. The van der Waals surface area contributed by atoms with Crippen LogP contribution in [-0.2, 0) is 9.53 Å². The van der Waals surface area contributed by atoms with Crippen molar-refractivity contribution in [3.8, 4) is 0 Å². The van der Waals surface area contributed by atoms with Crippen LogP contribution >= 0.6 is 0 Å². The van der Waals surface area contributed by atoms with E-state index in [9.17, 15) is 4.79 Å². The van der Waals surface area contributed by atoms with E-state index in [1.54, 1.807) is 0 Å². The predicted octanol–water partition coefficient (Wildman–Crippen LogP) is 5.69. The van der Waals surface area contributed by atoms with Crippen molar-refractivity contribution in [2.45, 2.75) is 47.5 Å². The van der Waals surface area contributed by atoms with Crippen LogP contribution in [0, 0.1) is 20.8 Å². The van der Waals surface area contributed by atoms with Gasteiger partial charge in [0.15, 0.2) is 0 Å². The normalized spacial score (nSPS) is 11.7. The highest BCUT2D eigenvalue weighted by Crippen LogP contribution is 1.99. The van der Waals surface area contributed by atoms with E-state index in [2.05, 4.69) is 57.2 Å². The van der Waals surface area contributed by atoms with Gasteiger partial charge in [-0.3, -0.25) is 0 Å². The van der Waals surface area contributed by atoms with Gasteiger partial charge >= 0.3 is 0 Å². The topological polar surface area (TPSA) is 26.3 Å². The molecule has 1 fully saturated rings. The van der Waals surface area contributed by atoms with Crippen molar-refractivity contribution in [3.05, 3.63) is 71.3 Å². The molecule has 1 aliphatic heterocycles. The summed E-state index contributed by atoms with van der Waals surface area (Å²) in [7, 11) is 0. The van der Waals surface area contributed by atoms with Crippen LogP contribution in [0.1, 0.15) is 43.4 Å². The molecule has 0 radical (unpaired) electrons. The minimum absolute atomic E-state index is 0.167. The molecule has 132 valence electrons. The quantitative estimate of drug-likeness (QED) is 0.621. The Kier molecular flexibility index (Phi) is 13.5. The Labute approximate surface area is 147 Å². The molecule has 0 bridgehead atoms. The van der Waals surface area contributed by atoms with Crippen LogP contribution in [0.3, 0.4) is 0 Å². The first-order valence-electron chi connectivity index (χ1n) is 8.51. The smallest absolute Gasteiger partial charge is 0.126 e. The van der Waals surface area contributed by atoms with E-state index in [0.717, 1.165) is 13.2 Å². The van der Waals surface area contributed by atoms with Gasteiger partial charge < -0.3 is 9.53 Å². The largest absolute Gasteiger partial charge is 0.381 e. The van der Waals surface area contributed by atoms with Crippen LogP contribution in [0.2, 0.25) is 0 Å². The van der Waals surface area contributed by atoms with Crippen LogP contribution in [0.25, 0.3) is 0 Å². The standard InChI is InChI=1S/C8H10.C7H8.C4H8O.C3H6O/c1-7-3-5-8(2)6-4-7;1-7-5-3-2-4-6-7;1-2-4-5-3-1;1-3(2)4/h3-6H,1-2H3;2-6H,1H3;1-4H2;1-2H3. The zero-order chi connectivity index (χ0) is 18.2.